The van der Waals surface area contributed by atoms with Crippen molar-refractivity contribution in [1.82, 2.24) is 20.2 Å². The summed E-state index contributed by atoms with van der Waals surface area (Å²) in [6.07, 6.45) is 0.816. The number of tetrazole rings is 1. The van der Waals surface area contributed by atoms with Gasteiger partial charge in [0.15, 0.2) is 6.29 Å². The molecule has 0 radical (unpaired) electrons. The highest BCUT2D eigenvalue weighted by Gasteiger charge is 2.09. The molecule has 0 saturated carbocycles. The molecule has 0 aliphatic heterocycles. The molecule has 2 rings (SSSR count). The first kappa shape index (κ1) is 11.3. The van der Waals surface area contributed by atoms with Gasteiger partial charge >= 0.3 is 0 Å². The van der Waals surface area contributed by atoms with Crippen LogP contribution in [-0.4, -0.2) is 26.5 Å². The second kappa shape index (κ2) is 4.75. The molecule has 1 aromatic carbocycles. The third kappa shape index (κ3) is 2.30. The molecule has 0 atom stereocenters. The first-order valence-corrected chi connectivity index (χ1v) is 5.96. The molecule has 0 amide bonds. The minimum absolute atomic E-state index is 0.613. The van der Waals surface area contributed by atoms with Gasteiger partial charge < -0.3 is 0 Å². The summed E-state index contributed by atoms with van der Waals surface area (Å²) in [5.41, 5.74) is 0.613. The molecular weight excluding hydrogens is 292 g/mol. The van der Waals surface area contributed by atoms with Gasteiger partial charge in [-0.25, -0.2) is 4.68 Å². The lowest BCUT2D eigenvalue weighted by Crippen LogP contribution is -1.94. The molecule has 0 aliphatic carbocycles. The fraction of sp³-hybridized carbons (Fsp3) is 0.111. The summed E-state index contributed by atoms with van der Waals surface area (Å²) in [5, 5.41) is 11.7. The van der Waals surface area contributed by atoms with Crippen LogP contribution in [0, 0.1) is 0 Å². The SMILES string of the molecule is Cn1nnnc1Sc1ccc(Br)cc1C=O. The molecule has 0 bridgehead atoms. The van der Waals surface area contributed by atoms with Crippen molar-refractivity contribution in [3.05, 3.63) is 28.2 Å². The number of nitrogens with zero attached hydrogens (tertiary/aromatic N) is 4. The number of aryl methyl sites for hydroxylation is 1. The predicted octanol–water partition coefficient (Wildman–Crippen LogP) is 1.94. The zero-order valence-corrected chi connectivity index (χ0v) is 10.7. The first-order chi connectivity index (χ1) is 7.70. The number of aldehydes is 1. The van der Waals surface area contributed by atoms with E-state index in [0.717, 1.165) is 15.7 Å². The second-order valence-electron chi connectivity index (χ2n) is 2.99. The summed E-state index contributed by atoms with van der Waals surface area (Å²) in [4.78, 5) is 11.7. The number of rotatable bonds is 3. The van der Waals surface area contributed by atoms with Crippen molar-refractivity contribution in [3.63, 3.8) is 0 Å². The van der Waals surface area contributed by atoms with Gasteiger partial charge in [0.05, 0.1) is 0 Å². The quantitative estimate of drug-likeness (QED) is 0.811. The minimum atomic E-state index is 0.613. The van der Waals surface area contributed by atoms with E-state index in [0.29, 0.717) is 10.7 Å². The molecule has 0 saturated heterocycles. The number of hydrogen-bond donors (Lipinski definition) is 0. The summed E-state index contributed by atoms with van der Waals surface area (Å²) >= 11 is 4.67. The molecule has 2 aromatic rings. The van der Waals surface area contributed by atoms with Gasteiger partial charge in [0.25, 0.3) is 0 Å². The number of carbonyl (C=O) groups is 1. The van der Waals surface area contributed by atoms with Gasteiger partial charge in [0.2, 0.25) is 5.16 Å². The highest BCUT2D eigenvalue weighted by molar-refractivity contribution is 9.10. The van der Waals surface area contributed by atoms with Gasteiger partial charge in [0, 0.05) is 22.0 Å². The molecule has 0 spiro atoms. The lowest BCUT2D eigenvalue weighted by atomic mass is 10.2. The van der Waals surface area contributed by atoms with Crippen LogP contribution in [-0.2, 0) is 7.05 Å². The zero-order valence-electron chi connectivity index (χ0n) is 8.29. The number of benzene rings is 1. The van der Waals surface area contributed by atoms with Gasteiger partial charge in [-0.2, -0.15) is 0 Å². The van der Waals surface area contributed by atoms with E-state index in [-0.39, 0.29) is 0 Å². The largest absolute Gasteiger partial charge is 0.298 e. The van der Waals surface area contributed by atoms with E-state index in [9.17, 15) is 4.79 Å². The Labute approximate surface area is 104 Å². The monoisotopic (exact) mass is 298 g/mol. The maximum Gasteiger partial charge on any atom is 0.213 e. The van der Waals surface area contributed by atoms with Crippen LogP contribution in [0.25, 0.3) is 0 Å². The molecular formula is C9H7BrN4OS. The fourth-order valence-corrected chi connectivity index (χ4v) is 2.29. The highest BCUT2D eigenvalue weighted by atomic mass is 79.9. The summed E-state index contributed by atoms with van der Waals surface area (Å²) in [6.45, 7) is 0. The van der Waals surface area contributed by atoms with Crippen molar-refractivity contribution in [2.24, 2.45) is 7.05 Å². The van der Waals surface area contributed by atoms with Gasteiger partial charge in [-0.3, -0.25) is 4.79 Å². The molecule has 0 unspecified atom stereocenters. The fourth-order valence-electron chi connectivity index (χ4n) is 1.11. The van der Waals surface area contributed by atoms with E-state index in [4.69, 9.17) is 0 Å². The van der Waals surface area contributed by atoms with Crippen molar-refractivity contribution in [1.29, 1.82) is 0 Å². The molecule has 82 valence electrons. The predicted molar refractivity (Wildman–Crippen MR) is 62.5 cm³/mol. The smallest absolute Gasteiger partial charge is 0.213 e. The molecule has 7 heteroatoms. The molecule has 0 aliphatic rings. The lowest BCUT2D eigenvalue weighted by molar-refractivity contribution is 0.112. The Kier molecular flexibility index (Phi) is 3.35. The van der Waals surface area contributed by atoms with Crippen LogP contribution in [0.15, 0.2) is 32.7 Å². The van der Waals surface area contributed by atoms with E-state index in [1.54, 1.807) is 17.8 Å². The van der Waals surface area contributed by atoms with Gasteiger partial charge in [0.1, 0.15) is 0 Å². The van der Waals surface area contributed by atoms with E-state index >= 15 is 0 Å². The van der Waals surface area contributed by atoms with E-state index < -0.39 is 0 Å². The van der Waals surface area contributed by atoms with Crippen LogP contribution in [0.4, 0.5) is 0 Å². The normalized spacial score (nSPS) is 10.4. The average molecular weight is 299 g/mol. The van der Waals surface area contributed by atoms with Crippen molar-refractivity contribution in [3.8, 4) is 0 Å². The van der Waals surface area contributed by atoms with Crippen LogP contribution in [0.5, 0.6) is 0 Å². The Hall–Kier alpha value is -1.21. The summed E-state index contributed by atoms with van der Waals surface area (Å²) in [7, 11) is 1.75. The third-order valence-corrected chi connectivity index (χ3v) is 3.49. The second-order valence-corrected chi connectivity index (χ2v) is 4.91. The Morgan fingerprint density at radius 2 is 2.31 bits per heavy atom. The number of halogens is 1. The maximum absolute atomic E-state index is 10.9. The minimum Gasteiger partial charge on any atom is -0.298 e. The lowest BCUT2D eigenvalue weighted by Gasteiger charge is -2.03. The number of hydrogen-bond acceptors (Lipinski definition) is 5. The van der Waals surface area contributed by atoms with E-state index in [1.807, 2.05) is 12.1 Å². The summed E-state index contributed by atoms with van der Waals surface area (Å²) < 4.78 is 2.43. The van der Waals surface area contributed by atoms with E-state index in [2.05, 4.69) is 31.5 Å². The Balaban J connectivity index is 2.34. The van der Waals surface area contributed by atoms with Gasteiger partial charge in [-0.1, -0.05) is 15.9 Å². The molecule has 0 fully saturated rings. The molecule has 1 heterocycles. The number of aromatic nitrogens is 4. The van der Waals surface area contributed by atoms with Crippen LogP contribution in [0.3, 0.4) is 0 Å². The van der Waals surface area contributed by atoms with Crippen molar-refractivity contribution >= 4 is 34.0 Å². The van der Waals surface area contributed by atoms with Gasteiger partial charge in [-0.05, 0) is 40.4 Å². The summed E-state index contributed by atoms with van der Waals surface area (Å²) in [5.74, 6) is 0. The number of carbonyl (C=O) groups excluding carboxylic acids is 1. The van der Waals surface area contributed by atoms with Crippen LogP contribution < -0.4 is 0 Å². The molecule has 5 nitrogen and oxygen atoms in total. The highest BCUT2D eigenvalue weighted by Crippen LogP contribution is 2.29. The first-order valence-electron chi connectivity index (χ1n) is 4.35. The topological polar surface area (TPSA) is 60.7 Å². The third-order valence-electron chi connectivity index (χ3n) is 1.88. The zero-order chi connectivity index (χ0) is 11.5. The molecule has 1 aromatic heterocycles. The van der Waals surface area contributed by atoms with Crippen LogP contribution >= 0.6 is 27.7 Å². The summed E-state index contributed by atoms with van der Waals surface area (Å²) in [6, 6.07) is 5.49. The standard InChI is InChI=1S/C9H7BrN4OS/c1-14-9(11-12-13-14)16-8-3-2-7(10)4-6(8)5-15/h2-5H,1H3. The van der Waals surface area contributed by atoms with Crippen molar-refractivity contribution < 1.29 is 4.79 Å². The van der Waals surface area contributed by atoms with Crippen molar-refractivity contribution in [2.75, 3.05) is 0 Å². The van der Waals surface area contributed by atoms with Crippen LogP contribution in [0.1, 0.15) is 10.4 Å². The van der Waals surface area contributed by atoms with E-state index in [1.165, 1.54) is 11.8 Å². The van der Waals surface area contributed by atoms with Crippen molar-refractivity contribution in [2.45, 2.75) is 10.1 Å². The Morgan fingerprint density at radius 3 is 2.94 bits per heavy atom. The molecule has 16 heavy (non-hydrogen) atoms. The molecule has 0 N–H and O–H groups in total. The van der Waals surface area contributed by atoms with Crippen LogP contribution in [0.2, 0.25) is 0 Å². The van der Waals surface area contributed by atoms with Gasteiger partial charge in [-0.15, -0.1) is 5.10 Å². The average Bonchev–Trinajstić information content (AvgIpc) is 2.67. The Morgan fingerprint density at radius 1 is 1.50 bits per heavy atom. The maximum atomic E-state index is 10.9. The Bertz CT molecular complexity index is 528.